The Morgan fingerprint density at radius 1 is 1.10 bits per heavy atom. The summed E-state index contributed by atoms with van der Waals surface area (Å²) in [6, 6.07) is 3.14. The minimum atomic E-state index is -1.01. The zero-order valence-electron chi connectivity index (χ0n) is 18.2. The number of ether oxygens (including phenoxy) is 1. The maximum Gasteiger partial charge on any atom is 0.317 e. The molecule has 1 aromatic heterocycles. The molecule has 0 saturated heterocycles. The number of carbonyl (C=O) groups is 2. The fraction of sp³-hybridized carbons (Fsp3) is 0.591. The van der Waals surface area contributed by atoms with Gasteiger partial charge < -0.3 is 20.1 Å². The number of aromatic nitrogens is 1. The summed E-state index contributed by atoms with van der Waals surface area (Å²) in [7, 11) is 0. The topological polar surface area (TPSA) is 123 Å². The molecule has 1 saturated carbocycles. The fourth-order valence-corrected chi connectivity index (χ4v) is 4.20. The van der Waals surface area contributed by atoms with Crippen LogP contribution >= 0.6 is 0 Å². The molecule has 9 nitrogen and oxygen atoms in total. The predicted molar refractivity (Wildman–Crippen MR) is 115 cm³/mol. The van der Waals surface area contributed by atoms with Crippen LogP contribution in [-0.4, -0.2) is 79.9 Å². The first-order valence-corrected chi connectivity index (χ1v) is 10.6. The van der Waals surface area contributed by atoms with E-state index in [-0.39, 0.29) is 50.1 Å². The van der Waals surface area contributed by atoms with Crippen molar-refractivity contribution in [2.24, 2.45) is 0 Å². The number of hydrogen-bond acceptors (Lipinski definition) is 7. The third-order valence-corrected chi connectivity index (χ3v) is 5.26. The lowest BCUT2D eigenvalue weighted by atomic mass is 9.87. The van der Waals surface area contributed by atoms with Crippen LogP contribution in [0.1, 0.15) is 45.2 Å². The van der Waals surface area contributed by atoms with Crippen LogP contribution in [0.15, 0.2) is 30.7 Å². The van der Waals surface area contributed by atoms with Gasteiger partial charge in [-0.2, -0.15) is 0 Å². The van der Waals surface area contributed by atoms with Gasteiger partial charge in [0.15, 0.2) is 0 Å². The smallest absolute Gasteiger partial charge is 0.317 e. The molecule has 172 valence electrons. The zero-order valence-corrected chi connectivity index (χ0v) is 18.2. The van der Waals surface area contributed by atoms with Gasteiger partial charge >= 0.3 is 11.9 Å². The second kappa shape index (κ2) is 11.7. The van der Waals surface area contributed by atoms with Crippen LogP contribution in [0.5, 0.6) is 5.75 Å². The maximum atomic E-state index is 11.7. The average molecular weight is 436 g/mol. The van der Waals surface area contributed by atoms with Crippen LogP contribution in [0.25, 0.3) is 0 Å². The molecular weight excluding hydrogens is 402 g/mol. The van der Waals surface area contributed by atoms with Crippen molar-refractivity contribution in [1.82, 2.24) is 14.8 Å². The number of pyridine rings is 1. The van der Waals surface area contributed by atoms with Crippen molar-refractivity contribution >= 4 is 11.9 Å². The van der Waals surface area contributed by atoms with Crippen LogP contribution in [0.2, 0.25) is 0 Å². The van der Waals surface area contributed by atoms with Gasteiger partial charge in [0.2, 0.25) is 0 Å². The van der Waals surface area contributed by atoms with Crippen molar-refractivity contribution in [3.05, 3.63) is 36.4 Å². The molecule has 1 unspecified atom stereocenters. The van der Waals surface area contributed by atoms with E-state index in [1.54, 1.807) is 17.2 Å². The molecule has 3 N–H and O–H groups in total. The largest absolute Gasteiger partial charge is 0.512 e. The molecule has 31 heavy (non-hydrogen) atoms. The first kappa shape index (κ1) is 24.6. The van der Waals surface area contributed by atoms with E-state index in [0.29, 0.717) is 17.9 Å². The maximum absolute atomic E-state index is 11.7. The second-order valence-electron chi connectivity index (χ2n) is 8.20. The number of nitrogens with zero attached hydrogens (tertiary/aromatic N) is 3. The van der Waals surface area contributed by atoms with Gasteiger partial charge in [-0.05, 0) is 38.8 Å². The third kappa shape index (κ3) is 7.84. The quantitative estimate of drug-likeness (QED) is 0.425. The molecule has 2 atom stereocenters. The standard InChI is InChI=1S/C22H33N3O6/c1-15(2)31-20-9-6-10-23-17(20)12-25(14-22(29)30)19-8-5-4-7-18(19)24(11-16(3)26)13-21(27)28/h6,9-10,15,18-19,26H,3-5,7-8,11-14H2,1-2H3,(H,27,28)(H,29,30)/t18?,19-/m0/s1. The summed E-state index contributed by atoms with van der Waals surface area (Å²) in [4.78, 5) is 31.0. The summed E-state index contributed by atoms with van der Waals surface area (Å²) in [6.45, 7) is 7.15. The summed E-state index contributed by atoms with van der Waals surface area (Å²) < 4.78 is 5.85. The minimum absolute atomic E-state index is 0.0275. The van der Waals surface area contributed by atoms with Crippen molar-refractivity contribution in [2.45, 2.75) is 64.3 Å². The number of aliphatic hydroxyl groups is 1. The molecule has 0 aromatic carbocycles. The Balaban J connectivity index is 2.34. The van der Waals surface area contributed by atoms with Crippen LogP contribution in [0.4, 0.5) is 0 Å². The van der Waals surface area contributed by atoms with Crippen LogP contribution in [0, 0.1) is 0 Å². The summed E-state index contributed by atoms with van der Waals surface area (Å²) in [5.74, 6) is -1.49. The van der Waals surface area contributed by atoms with E-state index in [0.717, 1.165) is 19.3 Å². The molecule has 1 heterocycles. The SMILES string of the molecule is C=C(O)CN(CC(=O)O)C1CCCC[C@@H]1N(CC(=O)O)Cc1ncccc1OC(C)C. The molecule has 0 radical (unpaired) electrons. The summed E-state index contributed by atoms with van der Waals surface area (Å²) in [5.41, 5.74) is 0.637. The highest BCUT2D eigenvalue weighted by atomic mass is 16.5. The highest BCUT2D eigenvalue weighted by molar-refractivity contribution is 5.69. The molecule has 1 fully saturated rings. The second-order valence-corrected chi connectivity index (χ2v) is 8.20. The van der Waals surface area contributed by atoms with Gasteiger partial charge in [0.05, 0.1) is 37.2 Å². The fourth-order valence-electron chi connectivity index (χ4n) is 4.20. The van der Waals surface area contributed by atoms with Crippen molar-refractivity contribution in [3.63, 3.8) is 0 Å². The van der Waals surface area contributed by atoms with Gasteiger partial charge in [0, 0.05) is 24.8 Å². The van der Waals surface area contributed by atoms with E-state index in [2.05, 4.69) is 11.6 Å². The Labute approximate surface area is 182 Å². The average Bonchev–Trinajstić information content (AvgIpc) is 2.67. The first-order chi connectivity index (χ1) is 14.7. The molecule has 2 rings (SSSR count). The molecule has 0 spiro atoms. The van der Waals surface area contributed by atoms with Crippen molar-refractivity contribution in [3.8, 4) is 5.75 Å². The summed E-state index contributed by atoms with van der Waals surface area (Å²) in [6.07, 6.45) is 4.83. The summed E-state index contributed by atoms with van der Waals surface area (Å²) >= 11 is 0. The van der Waals surface area contributed by atoms with Crippen LogP contribution < -0.4 is 4.74 Å². The normalized spacial score (nSPS) is 19.0. The van der Waals surface area contributed by atoms with E-state index in [9.17, 15) is 24.9 Å². The first-order valence-electron chi connectivity index (χ1n) is 10.6. The number of rotatable bonds is 12. The van der Waals surface area contributed by atoms with Gasteiger partial charge in [-0.25, -0.2) is 0 Å². The molecule has 1 aromatic rings. The van der Waals surface area contributed by atoms with Gasteiger partial charge in [-0.15, -0.1) is 0 Å². The Morgan fingerprint density at radius 3 is 2.23 bits per heavy atom. The lowest BCUT2D eigenvalue weighted by molar-refractivity contribution is -0.142. The summed E-state index contributed by atoms with van der Waals surface area (Å²) in [5, 5.41) is 28.7. The van der Waals surface area contributed by atoms with Crippen LogP contribution in [-0.2, 0) is 16.1 Å². The molecule has 1 aliphatic rings. The number of carboxylic acid groups (broad SMARTS) is 2. The Kier molecular flexibility index (Phi) is 9.26. The van der Waals surface area contributed by atoms with Gasteiger partial charge in [-0.3, -0.25) is 24.4 Å². The van der Waals surface area contributed by atoms with E-state index >= 15 is 0 Å². The molecule has 0 bridgehead atoms. The molecule has 1 aliphatic carbocycles. The Bertz CT molecular complexity index is 753. The Hall–Kier alpha value is -2.65. The van der Waals surface area contributed by atoms with Crippen LogP contribution in [0.3, 0.4) is 0 Å². The van der Waals surface area contributed by atoms with E-state index in [4.69, 9.17) is 4.74 Å². The number of hydrogen-bond donors (Lipinski definition) is 3. The highest BCUT2D eigenvalue weighted by Crippen LogP contribution is 2.30. The highest BCUT2D eigenvalue weighted by Gasteiger charge is 2.36. The van der Waals surface area contributed by atoms with E-state index < -0.39 is 11.9 Å². The zero-order chi connectivity index (χ0) is 23.0. The van der Waals surface area contributed by atoms with Crippen molar-refractivity contribution < 1.29 is 29.6 Å². The van der Waals surface area contributed by atoms with Gasteiger partial charge in [0.25, 0.3) is 0 Å². The predicted octanol–water partition coefficient (Wildman–Crippen LogP) is 2.52. The monoisotopic (exact) mass is 435 g/mol. The Morgan fingerprint density at radius 2 is 1.68 bits per heavy atom. The lowest BCUT2D eigenvalue weighted by Gasteiger charge is -2.44. The molecule has 0 aliphatic heterocycles. The van der Waals surface area contributed by atoms with E-state index in [1.165, 1.54) is 0 Å². The van der Waals surface area contributed by atoms with Crippen molar-refractivity contribution in [2.75, 3.05) is 19.6 Å². The van der Waals surface area contributed by atoms with Gasteiger partial charge in [-0.1, -0.05) is 19.4 Å². The van der Waals surface area contributed by atoms with Crippen molar-refractivity contribution in [1.29, 1.82) is 0 Å². The number of carboxylic acids is 2. The molecule has 0 amide bonds. The number of aliphatic hydroxyl groups excluding tert-OH is 1. The van der Waals surface area contributed by atoms with E-state index in [1.807, 2.05) is 24.8 Å². The third-order valence-electron chi connectivity index (χ3n) is 5.26. The number of aliphatic carboxylic acids is 2. The molecular formula is C22H33N3O6. The molecule has 9 heteroatoms. The minimum Gasteiger partial charge on any atom is -0.512 e. The van der Waals surface area contributed by atoms with Gasteiger partial charge in [0.1, 0.15) is 5.75 Å². The lowest BCUT2D eigenvalue weighted by Crippen LogP contribution is -2.55.